The number of nitrogen functional groups attached to an aromatic ring is 1. The van der Waals surface area contributed by atoms with Crippen molar-refractivity contribution >= 4 is 5.69 Å². The van der Waals surface area contributed by atoms with Crippen molar-refractivity contribution < 1.29 is 0 Å². The van der Waals surface area contributed by atoms with E-state index >= 15 is 0 Å². The lowest BCUT2D eigenvalue weighted by atomic mass is 9.92. The van der Waals surface area contributed by atoms with Gasteiger partial charge in [-0.25, -0.2) is 0 Å². The van der Waals surface area contributed by atoms with E-state index in [1.807, 2.05) is 30.5 Å². The summed E-state index contributed by atoms with van der Waals surface area (Å²) >= 11 is 0. The molecular formula is C23H18N2. The van der Waals surface area contributed by atoms with Crippen molar-refractivity contribution in [1.82, 2.24) is 4.98 Å². The third-order valence-corrected chi connectivity index (χ3v) is 4.32. The lowest BCUT2D eigenvalue weighted by Gasteiger charge is -2.13. The van der Waals surface area contributed by atoms with Gasteiger partial charge in [0.1, 0.15) is 0 Å². The van der Waals surface area contributed by atoms with Crippen LogP contribution in [-0.4, -0.2) is 4.98 Å². The molecule has 0 bridgehead atoms. The standard InChI is InChI=1S/C23H18N2/c24-21-11-8-17(9-12-21)19-10-13-22(18-5-2-1-3-6-18)23(15-19)20-7-4-14-25-16-20/h1-16H,24H2. The lowest BCUT2D eigenvalue weighted by molar-refractivity contribution is 1.33. The second-order valence-electron chi connectivity index (χ2n) is 5.99. The Balaban J connectivity index is 1.90. The Morgan fingerprint density at radius 2 is 1.28 bits per heavy atom. The molecule has 0 aliphatic heterocycles. The van der Waals surface area contributed by atoms with E-state index in [9.17, 15) is 0 Å². The van der Waals surface area contributed by atoms with Gasteiger partial charge in [-0.15, -0.1) is 0 Å². The van der Waals surface area contributed by atoms with Gasteiger partial charge in [-0.2, -0.15) is 0 Å². The fourth-order valence-corrected chi connectivity index (χ4v) is 3.03. The summed E-state index contributed by atoms with van der Waals surface area (Å²) in [4.78, 5) is 4.29. The fraction of sp³-hybridized carbons (Fsp3) is 0. The van der Waals surface area contributed by atoms with Gasteiger partial charge in [0.25, 0.3) is 0 Å². The van der Waals surface area contributed by atoms with Crippen molar-refractivity contribution in [2.45, 2.75) is 0 Å². The van der Waals surface area contributed by atoms with E-state index in [1.54, 1.807) is 6.20 Å². The predicted octanol–water partition coefficient (Wildman–Crippen LogP) is 5.66. The van der Waals surface area contributed by atoms with Crippen LogP contribution >= 0.6 is 0 Å². The average molecular weight is 322 g/mol. The van der Waals surface area contributed by atoms with Gasteiger partial charge in [0.15, 0.2) is 0 Å². The molecule has 0 amide bonds. The highest BCUT2D eigenvalue weighted by molar-refractivity contribution is 5.86. The van der Waals surface area contributed by atoms with Crippen molar-refractivity contribution in [3.8, 4) is 33.4 Å². The minimum atomic E-state index is 0.775. The number of hydrogen-bond acceptors (Lipinski definition) is 2. The Morgan fingerprint density at radius 1 is 0.560 bits per heavy atom. The molecule has 120 valence electrons. The smallest absolute Gasteiger partial charge is 0.0346 e. The van der Waals surface area contributed by atoms with E-state index in [0.717, 1.165) is 16.8 Å². The summed E-state index contributed by atoms with van der Waals surface area (Å²) in [5.41, 5.74) is 13.6. The predicted molar refractivity (Wildman–Crippen MR) is 105 cm³/mol. The normalized spacial score (nSPS) is 10.6. The summed E-state index contributed by atoms with van der Waals surface area (Å²) in [7, 11) is 0. The van der Waals surface area contributed by atoms with Crippen molar-refractivity contribution in [3.05, 3.63) is 97.3 Å². The number of rotatable bonds is 3. The molecule has 0 atom stereocenters. The maximum absolute atomic E-state index is 5.82. The Kier molecular flexibility index (Phi) is 4.01. The van der Waals surface area contributed by atoms with Crippen LogP contribution in [0.1, 0.15) is 0 Å². The van der Waals surface area contributed by atoms with Gasteiger partial charge >= 0.3 is 0 Å². The number of nitrogens with zero attached hydrogens (tertiary/aromatic N) is 1. The number of aromatic nitrogens is 1. The molecule has 0 spiro atoms. The summed E-state index contributed by atoms with van der Waals surface area (Å²) in [6.07, 6.45) is 3.71. The minimum Gasteiger partial charge on any atom is -0.399 e. The highest BCUT2D eigenvalue weighted by Gasteiger charge is 2.10. The SMILES string of the molecule is Nc1ccc(-c2ccc(-c3ccccc3)c(-c3cccnc3)c2)cc1. The fourth-order valence-electron chi connectivity index (χ4n) is 3.03. The maximum Gasteiger partial charge on any atom is 0.0346 e. The highest BCUT2D eigenvalue weighted by atomic mass is 14.6. The van der Waals surface area contributed by atoms with Crippen LogP contribution in [0.4, 0.5) is 5.69 Å². The first-order valence-corrected chi connectivity index (χ1v) is 8.27. The largest absolute Gasteiger partial charge is 0.399 e. The Morgan fingerprint density at radius 3 is 2.00 bits per heavy atom. The van der Waals surface area contributed by atoms with E-state index in [2.05, 4.69) is 65.6 Å². The van der Waals surface area contributed by atoms with Crippen molar-refractivity contribution in [3.63, 3.8) is 0 Å². The van der Waals surface area contributed by atoms with Crippen LogP contribution in [0.5, 0.6) is 0 Å². The van der Waals surface area contributed by atoms with Crippen LogP contribution in [0.25, 0.3) is 33.4 Å². The monoisotopic (exact) mass is 322 g/mol. The molecule has 2 heteroatoms. The lowest BCUT2D eigenvalue weighted by Crippen LogP contribution is -1.89. The van der Waals surface area contributed by atoms with Gasteiger partial charge in [-0.3, -0.25) is 4.98 Å². The van der Waals surface area contributed by atoms with Gasteiger partial charge in [0, 0.05) is 23.6 Å². The summed E-state index contributed by atoms with van der Waals surface area (Å²) in [6.45, 7) is 0. The Bertz CT molecular complexity index is 975. The molecule has 4 aromatic rings. The van der Waals surface area contributed by atoms with Crippen LogP contribution in [0.15, 0.2) is 97.3 Å². The number of hydrogen-bond donors (Lipinski definition) is 1. The Labute approximate surface area is 147 Å². The summed E-state index contributed by atoms with van der Waals surface area (Å²) in [5.74, 6) is 0. The van der Waals surface area contributed by atoms with Crippen LogP contribution < -0.4 is 5.73 Å². The zero-order valence-corrected chi connectivity index (χ0v) is 13.8. The second-order valence-corrected chi connectivity index (χ2v) is 5.99. The van der Waals surface area contributed by atoms with E-state index in [1.165, 1.54) is 22.3 Å². The first-order chi connectivity index (χ1) is 12.3. The molecule has 0 saturated heterocycles. The summed E-state index contributed by atoms with van der Waals surface area (Å²) in [6, 6.07) is 29.1. The molecule has 0 unspecified atom stereocenters. The topological polar surface area (TPSA) is 38.9 Å². The third-order valence-electron chi connectivity index (χ3n) is 4.32. The van der Waals surface area contributed by atoms with Crippen LogP contribution in [0.3, 0.4) is 0 Å². The number of pyridine rings is 1. The van der Waals surface area contributed by atoms with E-state index in [-0.39, 0.29) is 0 Å². The van der Waals surface area contributed by atoms with Gasteiger partial charge in [-0.05, 0) is 52.1 Å². The molecule has 0 aliphatic rings. The summed E-state index contributed by atoms with van der Waals surface area (Å²) < 4.78 is 0. The Hall–Kier alpha value is -3.39. The number of anilines is 1. The molecule has 2 nitrogen and oxygen atoms in total. The van der Waals surface area contributed by atoms with Gasteiger partial charge in [-0.1, -0.05) is 60.7 Å². The van der Waals surface area contributed by atoms with E-state index in [4.69, 9.17) is 5.73 Å². The van der Waals surface area contributed by atoms with Crippen LogP contribution in [-0.2, 0) is 0 Å². The first-order valence-electron chi connectivity index (χ1n) is 8.27. The molecule has 2 N–H and O–H groups in total. The van der Waals surface area contributed by atoms with Gasteiger partial charge in [0.2, 0.25) is 0 Å². The van der Waals surface area contributed by atoms with Crippen molar-refractivity contribution in [2.75, 3.05) is 5.73 Å². The molecule has 0 saturated carbocycles. The number of nitrogens with two attached hydrogens (primary N) is 1. The van der Waals surface area contributed by atoms with Gasteiger partial charge < -0.3 is 5.73 Å². The van der Waals surface area contributed by atoms with E-state index < -0.39 is 0 Å². The molecule has 1 heterocycles. The minimum absolute atomic E-state index is 0.775. The van der Waals surface area contributed by atoms with Crippen molar-refractivity contribution in [1.29, 1.82) is 0 Å². The van der Waals surface area contributed by atoms with Gasteiger partial charge in [0.05, 0.1) is 0 Å². The zero-order valence-electron chi connectivity index (χ0n) is 13.8. The highest BCUT2D eigenvalue weighted by Crippen LogP contribution is 2.35. The average Bonchev–Trinajstić information content (AvgIpc) is 2.69. The molecular weight excluding hydrogens is 304 g/mol. The molecule has 0 fully saturated rings. The summed E-state index contributed by atoms with van der Waals surface area (Å²) in [5, 5.41) is 0. The van der Waals surface area contributed by atoms with Crippen LogP contribution in [0, 0.1) is 0 Å². The maximum atomic E-state index is 5.82. The molecule has 4 rings (SSSR count). The number of benzene rings is 3. The quantitative estimate of drug-likeness (QED) is 0.494. The van der Waals surface area contributed by atoms with Crippen molar-refractivity contribution in [2.24, 2.45) is 0 Å². The third kappa shape index (κ3) is 3.15. The van der Waals surface area contributed by atoms with Crippen LogP contribution in [0.2, 0.25) is 0 Å². The molecule has 0 radical (unpaired) electrons. The first kappa shape index (κ1) is 15.2. The molecule has 1 aromatic heterocycles. The second kappa shape index (κ2) is 6.62. The van der Waals surface area contributed by atoms with E-state index in [0.29, 0.717) is 0 Å². The zero-order chi connectivity index (χ0) is 17.1. The molecule has 3 aromatic carbocycles. The molecule has 0 aliphatic carbocycles. The molecule has 25 heavy (non-hydrogen) atoms.